The zero-order valence-electron chi connectivity index (χ0n) is 18.0. The number of likely N-dealkylation sites (tertiary alicyclic amines) is 1. The van der Waals surface area contributed by atoms with Gasteiger partial charge >= 0.3 is 0 Å². The first kappa shape index (κ1) is 22.6. The molecule has 0 radical (unpaired) electrons. The summed E-state index contributed by atoms with van der Waals surface area (Å²) in [4.78, 5) is 49.8. The summed E-state index contributed by atoms with van der Waals surface area (Å²) in [5.74, 6) is -0.425. The van der Waals surface area contributed by atoms with Crippen molar-refractivity contribution >= 4 is 40.4 Å². The van der Waals surface area contributed by atoms with E-state index in [4.69, 9.17) is 16.3 Å². The number of rotatable bonds is 6. The van der Waals surface area contributed by atoms with Gasteiger partial charge in [-0.3, -0.25) is 24.3 Å². The first-order valence-electron chi connectivity index (χ1n) is 11.2. The van der Waals surface area contributed by atoms with Crippen LogP contribution in [0.1, 0.15) is 41.8 Å². The number of amides is 1. The zero-order chi connectivity index (χ0) is 23.0. The molecule has 3 fully saturated rings. The van der Waals surface area contributed by atoms with Crippen LogP contribution in [0.3, 0.4) is 0 Å². The molecule has 2 aliphatic heterocycles. The number of pyridine rings is 1. The zero-order valence-corrected chi connectivity index (χ0v) is 19.6. The van der Waals surface area contributed by atoms with Crippen LogP contribution in [0.15, 0.2) is 30.7 Å². The fraction of sp³-hybridized carbons (Fsp3) is 0.522. The largest absolute Gasteiger partial charge is 0.367 e. The molecule has 0 bridgehead atoms. The van der Waals surface area contributed by atoms with Gasteiger partial charge in [0.2, 0.25) is 0 Å². The third kappa shape index (κ3) is 4.12. The molecule has 2 aromatic heterocycles. The number of alkyl halides is 1. The molecular formula is C23H25ClN4O4S. The Hall–Kier alpha value is -2.20. The first-order chi connectivity index (χ1) is 16.0. The Morgan fingerprint density at radius 1 is 1.27 bits per heavy atom. The van der Waals surface area contributed by atoms with E-state index in [1.54, 1.807) is 12.4 Å². The maximum atomic E-state index is 13.6. The van der Waals surface area contributed by atoms with Crippen LogP contribution in [0, 0.1) is 0 Å². The van der Waals surface area contributed by atoms with Crippen molar-refractivity contribution in [2.45, 2.75) is 55.2 Å². The number of aromatic nitrogens is 2. The molecule has 1 N–H and O–H groups in total. The molecule has 3 atom stereocenters. The Kier molecular flexibility index (Phi) is 6.30. The molecule has 8 nitrogen and oxygen atoms in total. The fourth-order valence-corrected chi connectivity index (χ4v) is 6.50. The van der Waals surface area contributed by atoms with Gasteiger partial charge in [-0.15, -0.1) is 22.9 Å². The van der Waals surface area contributed by atoms with E-state index in [0.29, 0.717) is 29.3 Å². The van der Waals surface area contributed by atoms with E-state index >= 15 is 0 Å². The van der Waals surface area contributed by atoms with Gasteiger partial charge in [0.1, 0.15) is 22.5 Å². The highest BCUT2D eigenvalue weighted by molar-refractivity contribution is 7.16. The molecule has 0 aromatic carbocycles. The van der Waals surface area contributed by atoms with E-state index in [9.17, 15) is 14.4 Å². The van der Waals surface area contributed by atoms with Gasteiger partial charge in [0.15, 0.2) is 11.6 Å². The van der Waals surface area contributed by atoms with E-state index in [1.165, 1.54) is 17.5 Å². The highest BCUT2D eigenvalue weighted by Gasteiger charge is 2.58. The number of halogens is 1. The quantitative estimate of drug-likeness (QED) is 0.623. The predicted molar refractivity (Wildman–Crippen MR) is 123 cm³/mol. The Morgan fingerprint density at radius 2 is 2.09 bits per heavy atom. The minimum Gasteiger partial charge on any atom is -0.367 e. The molecule has 10 heteroatoms. The van der Waals surface area contributed by atoms with Crippen molar-refractivity contribution in [1.29, 1.82) is 0 Å². The highest BCUT2D eigenvalue weighted by atomic mass is 35.5. The maximum absolute atomic E-state index is 13.6. The summed E-state index contributed by atoms with van der Waals surface area (Å²) < 4.78 is 5.63. The normalized spacial score (nSPS) is 26.8. The number of hydrogen-bond donors (Lipinski definition) is 1. The lowest BCUT2D eigenvalue weighted by Gasteiger charge is -2.45. The summed E-state index contributed by atoms with van der Waals surface area (Å²) >= 11 is 7.76. The van der Waals surface area contributed by atoms with E-state index in [2.05, 4.69) is 15.3 Å². The SMILES string of the molecule is O=C(NCC(=O)C1(N2C[C@H](Cl)[C@H]3OCC(=O)[C@H]32)CCCCC1)c1cnc(-c2cccnc2)s1. The van der Waals surface area contributed by atoms with Crippen molar-refractivity contribution in [1.82, 2.24) is 20.2 Å². The Balaban J connectivity index is 1.30. The van der Waals surface area contributed by atoms with Crippen LogP contribution in [0.25, 0.3) is 10.6 Å². The summed E-state index contributed by atoms with van der Waals surface area (Å²) in [5.41, 5.74) is 0.0391. The van der Waals surface area contributed by atoms with Gasteiger partial charge in [-0.2, -0.15) is 0 Å². The summed E-state index contributed by atoms with van der Waals surface area (Å²) in [7, 11) is 0. The molecule has 1 aliphatic carbocycles. The second kappa shape index (κ2) is 9.21. The van der Waals surface area contributed by atoms with Gasteiger partial charge in [-0.1, -0.05) is 19.3 Å². The fourth-order valence-electron chi connectivity index (χ4n) is 5.31. The number of Topliss-reactive ketones (excluding diaryl/α,β-unsaturated/α-hetero) is 2. The first-order valence-corrected chi connectivity index (χ1v) is 12.5. The maximum Gasteiger partial charge on any atom is 0.263 e. The molecule has 4 heterocycles. The van der Waals surface area contributed by atoms with E-state index in [1.807, 2.05) is 17.0 Å². The van der Waals surface area contributed by atoms with Gasteiger partial charge in [-0.25, -0.2) is 4.98 Å². The number of nitrogens with one attached hydrogen (secondary N) is 1. The molecule has 5 rings (SSSR count). The molecule has 1 amide bonds. The molecule has 2 aromatic rings. The van der Waals surface area contributed by atoms with E-state index in [0.717, 1.165) is 24.8 Å². The van der Waals surface area contributed by atoms with Crippen LogP contribution >= 0.6 is 22.9 Å². The Labute approximate surface area is 200 Å². The minimum absolute atomic E-state index is 0.0162. The van der Waals surface area contributed by atoms with Gasteiger partial charge in [0.05, 0.1) is 29.8 Å². The van der Waals surface area contributed by atoms with Gasteiger partial charge in [-0.05, 0) is 25.0 Å². The smallest absolute Gasteiger partial charge is 0.263 e. The van der Waals surface area contributed by atoms with Gasteiger partial charge in [0.25, 0.3) is 5.91 Å². The molecule has 33 heavy (non-hydrogen) atoms. The summed E-state index contributed by atoms with van der Waals surface area (Å²) in [6.07, 6.45) is 8.69. The summed E-state index contributed by atoms with van der Waals surface area (Å²) in [6.45, 7) is 0.376. The number of fused-ring (bicyclic) bond motifs is 1. The predicted octanol–water partition coefficient (Wildman–Crippen LogP) is 2.47. The molecule has 0 spiro atoms. The summed E-state index contributed by atoms with van der Waals surface area (Å²) in [5, 5.41) is 3.15. The van der Waals surface area contributed by atoms with Crippen molar-refractivity contribution in [3.8, 4) is 10.6 Å². The number of ketones is 2. The number of carbonyl (C=O) groups is 3. The second-order valence-corrected chi connectivity index (χ2v) is 10.4. The van der Waals surface area contributed by atoms with Gasteiger partial charge in [0, 0.05) is 24.5 Å². The van der Waals surface area contributed by atoms with Crippen molar-refractivity contribution in [2.75, 3.05) is 19.7 Å². The standard InChI is InChI=1S/C23H25ClN4O4S/c24-15-12-28(19-16(29)13-32-20(15)19)23(6-2-1-3-7-23)18(30)11-26-21(31)17-10-27-22(33-17)14-5-4-8-25-9-14/h4-5,8-10,15,19-20H,1-3,6-7,11-13H2,(H,26,31)/t15-,19+,20+/m0/s1. The van der Waals surface area contributed by atoms with Crippen LogP contribution in [-0.4, -0.2) is 75.1 Å². The molecule has 0 unspecified atom stereocenters. The molecule has 1 saturated carbocycles. The Bertz CT molecular complexity index is 1060. The van der Waals surface area contributed by atoms with Crippen LogP contribution in [0.4, 0.5) is 0 Å². The van der Waals surface area contributed by atoms with Crippen LogP contribution < -0.4 is 5.32 Å². The van der Waals surface area contributed by atoms with E-state index < -0.39 is 11.6 Å². The van der Waals surface area contributed by atoms with Gasteiger partial charge < -0.3 is 10.1 Å². The van der Waals surface area contributed by atoms with Crippen LogP contribution in [0.5, 0.6) is 0 Å². The lowest BCUT2D eigenvalue weighted by atomic mass is 9.76. The monoisotopic (exact) mass is 488 g/mol. The number of hydrogen-bond acceptors (Lipinski definition) is 8. The number of thiazole rings is 1. The highest BCUT2D eigenvalue weighted by Crippen LogP contribution is 2.42. The lowest BCUT2D eigenvalue weighted by Crippen LogP contribution is -2.61. The third-order valence-electron chi connectivity index (χ3n) is 6.92. The third-order valence-corrected chi connectivity index (χ3v) is 8.35. The number of nitrogens with zero attached hydrogens (tertiary/aromatic N) is 3. The average molecular weight is 489 g/mol. The van der Waals surface area contributed by atoms with Crippen LogP contribution in [0.2, 0.25) is 0 Å². The van der Waals surface area contributed by atoms with Crippen molar-refractivity contribution in [3.05, 3.63) is 35.6 Å². The van der Waals surface area contributed by atoms with Crippen molar-refractivity contribution in [3.63, 3.8) is 0 Å². The van der Waals surface area contributed by atoms with E-state index in [-0.39, 0.29) is 42.1 Å². The molecule has 174 valence electrons. The second-order valence-electron chi connectivity index (χ2n) is 8.82. The average Bonchev–Trinajstić information content (AvgIpc) is 3.56. The molecule has 2 saturated heterocycles. The minimum atomic E-state index is -0.796. The number of carbonyl (C=O) groups excluding carboxylic acids is 3. The topological polar surface area (TPSA) is 101 Å². The Morgan fingerprint density at radius 3 is 2.85 bits per heavy atom. The lowest BCUT2D eigenvalue weighted by molar-refractivity contribution is -0.136. The molecule has 3 aliphatic rings. The van der Waals surface area contributed by atoms with Crippen LogP contribution in [-0.2, 0) is 14.3 Å². The van der Waals surface area contributed by atoms with Crippen molar-refractivity contribution < 1.29 is 19.1 Å². The van der Waals surface area contributed by atoms with Crippen molar-refractivity contribution in [2.24, 2.45) is 0 Å². The number of ether oxygens (including phenoxy) is 1. The summed E-state index contributed by atoms with van der Waals surface area (Å²) in [6, 6.07) is 3.22. The molecular weight excluding hydrogens is 464 g/mol.